The number of fused-ring (bicyclic) bond motifs is 1. The third-order valence-corrected chi connectivity index (χ3v) is 4.86. The second-order valence-electron chi connectivity index (χ2n) is 6.45. The highest BCUT2D eigenvalue weighted by Gasteiger charge is 2.42. The molecule has 100 valence electrons. The Hall–Kier alpha value is -0.0800. The average molecular weight is 239 g/mol. The number of nitrogens with zero attached hydrogens (tertiary/aromatic N) is 1. The van der Waals surface area contributed by atoms with Crippen LogP contribution in [0.5, 0.6) is 0 Å². The Morgan fingerprint density at radius 2 is 2.18 bits per heavy atom. The van der Waals surface area contributed by atoms with Crippen LogP contribution < -0.4 is 0 Å². The first-order chi connectivity index (χ1) is 8.14. The molecule has 0 aromatic rings. The maximum Gasteiger partial charge on any atom is 0.0700 e. The highest BCUT2D eigenvalue weighted by Crippen LogP contribution is 2.39. The van der Waals surface area contributed by atoms with E-state index in [1.54, 1.807) is 0 Å². The van der Waals surface area contributed by atoms with Crippen LogP contribution in [0.1, 0.15) is 58.8 Å². The lowest BCUT2D eigenvalue weighted by molar-refractivity contribution is -0.0970. The van der Waals surface area contributed by atoms with Gasteiger partial charge in [0.15, 0.2) is 0 Å². The summed E-state index contributed by atoms with van der Waals surface area (Å²) in [5, 5.41) is 10.6. The van der Waals surface area contributed by atoms with Crippen LogP contribution in [0.3, 0.4) is 0 Å². The van der Waals surface area contributed by atoms with Gasteiger partial charge < -0.3 is 10.0 Å². The number of rotatable bonds is 4. The van der Waals surface area contributed by atoms with E-state index in [0.29, 0.717) is 5.92 Å². The summed E-state index contributed by atoms with van der Waals surface area (Å²) >= 11 is 0. The molecule has 0 amide bonds. The van der Waals surface area contributed by atoms with Crippen molar-refractivity contribution in [1.82, 2.24) is 4.90 Å². The van der Waals surface area contributed by atoms with Gasteiger partial charge in [-0.25, -0.2) is 0 Å². The molecular weight excluding hydrogens is 210 g/mol. The molecule has 0 aromatic carbocycles. The minimum absolute atomic E-state index is 0.303. The van der Waals surface area contributed by atoms with Gasteiger partial charge in [0.1, 0.15) is 0 Å². The lowest BCUT2D eigenvalue weighted by Gasteiger charge is -2.48. The fraction of sp³-hybridized carbons (Fsp3) is 1.00. The maximum atomic E-state index is 10.6. The van der Waals surface area contributed by atoms with E-state index in [1.165, 1.54) is 38.6 Å². The topological polar surface area (TPSA) is 23.5 Å². The first kappa shape index (κ1) is 13.4. The third-order valence-electron chi connectivity index (χ3n) is 4.86. The first-order valence-electron chi connectivity index (χ1n) is 7.59. The Morgan fingerprint density at radius 1 is 1.35 bits per heavy atom. The molecule has 1 saturated carbocycles. The molecule has 2 nitrogen and oxygen atoms in total. The summed E-state index contributed by atoms with van der Waals surface area (Å²) in [5.41, 5.74) is -0.303. The minimum atomic E-state index is -0.303. The summed E-state index contributed by atoms with van der Waals surface area (Å²) in [6, 6.07) is 0. The van der Waals surface area contributed by atoms with E-state index in [-0.39, 0.29) is 5.60 Å². The minimum Gasteiger partial charge on any atom is -0.390 e. The third kappa shape index (κ3) is 3.23. The summed E-state index contributed by atoms with van der Waals surface area (Å²) in [7, 11) is 0. The number of piperidine rings is 1. The van der Waals surface area contributed by atoms with Gasteiger partial charge in [0, 0.05) is 25.6 Å². The number of likely N-dealkylation sites (tertiary alicyclic amines) is 1. The van der Waals surface area contributed by atoms with Crippen molar-refractivity contribution in [3.8, 4) is 0 Å². The molecule has 1 saturated heterocycles. The standard InChI is InChI=1S/C15H29NO/c1-3-6-13(2)11-16-10-9-15(17)8-5-4-7-14(15)12-16/h13-14,17H,3-12H2,1-2H3. The predicted molar refractivity (Wildman–Crippen MR) is 72.0 cm³/mol. The molecule has 2 fully saturated rings. The van der Waals surface area contributed by atoms with E-state index >= 15 is 0 Å². The molecule has 2 aliphatic rings. The summed E-state index contributed by atoms with van der Waals surface area (Å²) in [4.78, 5) is 2.60. The lowest BCUT2D eigenvalue weighted by Crippen LogP contribution is -2.53. The molecule has 2 rings (SSSR count). The van der Waals surface area contributed by atoms with Crippen molar-refractivity contribution in [2.45, 2.75) is 64.4 Å². The van der Waals surface area contributed by atoms with Crippen molar-refractivity contribution in [2.24, 2.45) is 11.8 Å². The van der Waals surface area contributed by atoms with E-state index in [0.717, 1.165) is 31.8 Å². The quantitative estimate of drug-likeness (QED) is 0.815. The van der Waals surface area contributed by atoms with Crippen LogP contribution in [0.25, 0.3) is 0 Å². The van der Waals surface area contributed by atoms with Gasteiger partial charge in [0.2, 0.25) is 0 Å². The van der Waals surface area contributed by atoms with Crippen LogP contribution >= 0.6 is 0 Å². The van der Waals surface area contributed by atoms with Crippen LogP contribution in [0.4, 0.5) is 0 Å². The second-order valence-corrected chi connectivity index (χ2v) is 6.45. The molecule has 0 spiro atoms. The Kier molecular flexibility index (Phi) is 4.48. The summed E-state index contributed by atoms with van der Waals surface area (Å²) in [6.07, 6.45) is 8.50. The summed E-state index contributed by atoms with van der Waals surface area (Å²) < 4.78 is 0. The molecule has 0 radical (unpaired) electrons. The Balaban J connectivity index is 1.84. The molecule has 3 atom stereocenters. The van der Waals surface area contributed by atoms with Gasteiger partial charge >= 0.3 is 0 Å². The van der Waals surface area contributed by atoms with Crippen molar-refractivity contribution < 1.29 is 5.11 Å². The van der Waals surface area contributed by atoms with E-state index in [2.05, 4.69) is 18.7 Å². The fourth-order valence-corrected chi connectivity index (χ4v) is 3.83. The maximum absolute atomic E-state index is 10.6. The van der Waals surface area contributed by atoms with Crippen LogP contribution in [0.15, 0.2) is 0 Å². The van der Waals surface area contributed by atoms with Crippen molar-refractivity contribution in [2.75, 3.05) is 19.6 Å². The van der Waals surface area contributed by atoms with Gasteiger partial charge in [-0.05, 0) is 31.6 Å². The van der Waals surface area contributed by atoms with Crippen molar-refractivity contribution >= 4 is 0 Å². The van der Waals surface area contributed by atoms with E-state index in [4.69, 9.17) is 0 Å². The fourth-order valence-electron chi connectivity index (χ4n) is 3.83. The van der Waals surface area contributed by atoms with Gasteiger partial charge in [-0.1, -0.05) is 33.1 Å². The van der Waals surface area contributed by atoms with Crippen LogP contribution in [-0.2, 0) is 0 Å². The highest BCUT2D eigenvalue weighted by atomic mass is 16.3. The van der Waals surface area contributed by atoms with Crippen molar-refractivity contribution in [3.05, 3.63) is 0 Å². The van der Waals surface area contributed by atoms with Gasteiger partial charge in [-0.15, -0.1) is 0 Å². The molecule has 1 aliphatic carbocycles. The van der Waals surface area contributed by atoms with E-state index in [9.17, 15) is 5.11 Å². The molecule has 1 heterocycles. The lowest BCUT2D eigenvalue weighted by atomic mass is 9.71. The van der Waals surface area contributed by atoms with E-state index in [1.807, 2.05) is 0 Å². The SMILES string of the molecule is CCCC(C)CN1CCC2(O)CCCCC2C1. The summed E-state index contributed by atoms with van der Waals surface area (Å²) in [6.45, 7) is 8.13. The van der Waals surface area contributed by atoms with Gasteiger partial charge in [0.25, 0.3) is 0 Å². The van der Waals surface area contributed by atoms with Crippen LogP contribution in [-0.4, -0.2) is 35.2 Å². The highest BCUT2D eigenvalue weighted by molar-refractivity contribution is 4.95. The molecule has 2 heteroatoms. The number of hydrogen-bond donors (Lipinski definition) is 1. The molecule has 3 unspecified atom stereocenters. The summed E-state index contributed by atoms with van der Waals surface area (Å²) in [5.74, 6) is 1.37. The zero-order chi connectivity index (χ0) is 12.3. The van der Waals surface area contributed by atoms with Crippen molar-refractivity contribution in [1.29, 1.82) is 0 Å². The molecule has 0 bridgehead atoms. The second kappa shape index (κ2) is 5.71. The van der Waals surface area contributed by atoms with Gasteiger partial charge in [0.05, 0.1) is 5.60 Å². The molecule has 0 aromatic heterocycles. The van der Waals surface area contributed by atoms with Gasteiger partial charge in [-0.2, -0.15) is 0 Å². The van der Waals surface area contributed by atoms with E-state index < -0.39 is 0 Å². The Morgan fingerprint density at radius 3 is 2.94 bits per heavy atom. The normalized spacial score (nSPS) is 36.5. The van der Waals surface area contributed by atoms with Crippen molar-refractivity contribution in [3.63, 3.8) is 0 Å². The number of hydrogen-bond acceptors (Lipinski definition) is 2. The van der Waals surface area contributed by atoms with Crippen LogP contribution in [0, 0.1) is 11.8 Å². The molecular formula is C15H29NO. The monoisotopic (exact) mass is 239 g/mol. The Bertz CT molecular complexity index is 243. The predicted octanol–water partition coefficient (Wildman–Crippen LogP) is 3.05. The number of aliphatic hydroxyl groups is 1. The molecule has 1 N–H and O–H groups in total. The molecule has 1 aliphatic heterocycles. The van der Waals surface area contributed by atoms with Gasteiger partial charge in [-0.3, -0.25) is 0 Å². The zero-order valence-corrected chi connectivity index (χ0v) is 11.6. The zero-order valence-electron chi connectivity index (χ0n) is 11.6. The largest absolute Gasteiger partial charge is 0.390 e. The Labute approximate surface area is 106 Å². The average Bonchev–Trinajstić information content (AvgIpc) is 2.30. The smallest absolute Gasteiger partial charge is 0.0700 e. The first-order valence-corrected chi connectivity index (χ1v) is 7.59. The molecule has 17 heavy (non-hydrogen) atoms. The van der Waals surface area contributed by atoms with Crippen LogP contribution in [0.2, 0.25) is 0 Å².